The first-order valence-corrected chi connectivity index (χ1v) is 10.2. The van der Waals surface area contributed by atoms with Crippen molar-refractivity contribution in [3.63, 3.8) is 0 Å². The third-order valence-electron chi connectivity index (χ3n) is 4.13. The predicted molar refractivity (Wildman–Crippen MR) is 104 cm³/mol. The van der Waals surface area contributed by atoms with Crippen molar-refractivity contribution in [1.29, 1.82) is 0 Å². The van der Waals surface area contributed by atoms with Gasteiger partial charge in [0.25, 0.3) is 0 Å². The summed E-state index contributed by atoms with van der Waals surface area (Å²) in [5.74, 6) is -0.0271. The van der Waals surface area contributed by atoms with Crippen LogP contribution in [0.25, 0.3) is 0 Å². The third-order valence-corrected chi connectivity index (χ3v) is 6.05. The van der Waals surface area contributed by atoms with Gasteiger partial charge in [0.05, 0.1) is 12.6 Å². The van der Waals surface area contributed by atoms with Crippen LogP contribution in [-0.2, 0) is 14.8 Å². The van der Waals surface area contributed by atoms with Crippen LogP contribution in [-0.4, -0.2) is 44.4 Å². The van der Waals surface area contributed by atoms with Gasteiger partial charge in [0, 0.05) is 18.8 Å². The molecule has 0 bridgehead atoms. The molecule has 1 unspecified atom stereocenters. The van der Waals surface area contributed by atoms with Gasteiger partial charge >= 0.3 is 0 Å². The fourth-order valence-electron chi connectivity index (χ4n) is 2.81. The van der Waals surface area contributed by atoms with E-state index in [1.54, 1.807) is 19.1 Å². The number of nitrogens with two attached hydrogens (primary N) is 1. The number of nitrogens with zero attached hydrogens (tertiary/aromatic N) is 1. The number of ether oxygens (including phenoxy) is 1. The molecule has 2 rings (SSSR count). The molecule has 0 saturated carbocycles. The Morgan fingerprint density at radius 1 is 1.31 bits per heavy atom. The summed E-state index contributed by atoms with van der Waals surface area (Å²) in [5.41, 5.74) is 6.21. The lowest BCUT2D eigenvalue weighted by Gasteiger charge is -2.19. The molecule has 0 spiro atoms. The van der Waals surface area contributed by atoms with Gasteiger partial charge in [0.1, 0.15) is 10.6 Å². The summed E-state index contributed by atoms with van der Waals surface area (Å²) in [7, 11) is -3.65. The van der Waals surface area contributed by atoms with Crippen molar-refractivity contribution >= 4 is 34.0 Å². The molecule has 1 fully saturated rings. The molecule has 1 aliphatic heterocycles. The van der Waals surface area contributed by atoms with Gasteiger partial charge in [-0.1, -0.05) is 13.3 Å². The Balaban J connectivity index is 0.00000338. The molecule has 1 saturated heterocycles. The van der Waals surface area contributed by atoms with Gasteiger partial charge in [0.15, 0.2) is 0 Å². The standard InChI is InChI=1S/C17H27N3O4S.ClH/c1-3-7-14(18)17(21)19-13-8-9-15(24-4-2)16(12-13)25(22,23)20-10-5-6-11-20;/h8-9,12,14H,3-7,10-11,18H2,1-2H3,(H,19,21);1H. The fraction of sp³-hybridized carbons (Fsp3) is 0.588. The second-order valence-corrected chi connectivity index (χ2v) is 8.00. The Morgan fingerprint density at radius 2 is 1.96 bits per heavy atom. The van der Waals surface area contributed by atoms with Crippen LogP contribution in [0.4, 0.5) is 5.69 Å². The summed E-state index contributed by atoms with van der Waals surface area (Å²) in [5, 5.41) is 2.70. The Hall–Kier alpha value is -1.35. The van der Waals surface area contributed by atoms with Crippen molar-refractivity contribution in [2.45, 2.75) is 50.5 Å². The number of benzene rings is 1. The number of sulfonamides is 1. The van der Waals surface area contributed by atoms with Crippen molar-refractivity contribution in [3.8, 4) is 5.75 Å². The molecule has 1 amide bonds. The molecule has 1 heterocycles. The quantitative estimate of drug-likeness (QED) is 0.691. The zero-order valence-electron chi connectivity index (χ0n) is 15.2. The topological polar surface area (TPSA) is 102 Å². The lowest BCUT2D eigenvalue weighted by atomic mass is 10.1. The van der Waals surface area contributed by atoms with Crippen molar-refractivity contribution in [3.05, 3.63) is 18.2 Å². The van der Waals surface area contributed by atoms with E-state index in [4.69, 9.17) is 10.5 Å². The highest BCUT2D eigenvalue weighted by molar-refractivity contribution is 7.89. The number of anilines is 1. The van der Waals surface area contributed by atoms with Crippen LogP contribution in [0, 0.1) is 0 Å². The smallest absolute Gasteiger partial charge is 0.246 e. The van der Waals surface area contributed by atoms with E-state index in [0.29, 0.717) is 37.6 Å². The maximum Gasteiger partial charge on any atom is 0.246 e. The van der Waals surface area contributed by atoms with Crippen LogP contribution in [0.1, 0.15) is 39.5 Å². The highest BCUT2D eigenvalue weighted by atomic mass is 35.5. The molecule has 7 nitrogen and oxygen atoms in total. The largest absolute Gasteiger partial charge is 0.492 e. The number of nitrogens with one attached hydrogen (secondary N) is 1. The lowest BCUT2D eigenvalue weighted by Crippen LogP contribution is -2.35. The summed E-state index contributed by atoms with van der Waals surface area (Å²) in [6.45, 7) is 5.11. The van der Waals surface area contributed by atoms with Gasteiger partial charge in [-0.05, 0) is 44.4 Å². The highest BCUT2D eigenvalue weighted by Gasteiger charge is 2.30. The van der Waals surface area contributed by atoms with Gasteiger partial charge in [-0.3, -0.25) is 4.79 Å². The van der Waals surface area contributed by atoms with E-state index in [9.17, 15) is 13.2 Å². The molecule has 1 aliphatic rings. The number of hydrogen-bond donors (Lipinski definition) is 2. The average molecular weight is 406 g/mol. The third kappa shape index (κ3) is 5.33. The van der Waals surface area contributed by atoms with E-state index < -0.39 is 16.1 Å². The molecule has 3 N–H and O–H groups in total. The summed E-state index contributed by atoms with van der Waals surface area (Å²) in [6, 6.07) is 4.04. The van der Waals surface area contributed by atoms with E-state index in [-0.39, 0.29) is 23.2 Å². The molecule has 0 aliphatic carbocycles. The molecule has 0 radical (unpaired) electrons. The number of halogens is 1. The first kappa shape index (κ1) is 22.7. The molecule has 26 heavy (non-hydrogen) atoms. The Labute approximate surface area is 161 Å². The second-order valence-electron chi connectivity index (χ2n) is 6.09. The highest BCUT2D eigenvalue weighted by Crippen LogP contribution is 2.31. The van der Waals surface area contributed by atoms with Crippen LogP contribution >= 0.6 is 12.4 Å². The minimum absolute atomic E-state index is 0. The van der Waals surface area contributed by atoms with Gasteiger partial charge in [-0.25, -0.2) is 8.42 Å². The van der Waals surface area contributed by atoms with Crippen LogP contribution in [0.5, 0.6) is 5.75 Å². The van der Waals surface area contributed by atoms with Gasteiger partial charge in [0.2, 0.25) is 15.9 Å². The van der Waals surface area contributed by atoms with E-state index >= 15 is 0 Å². The monoisotopic (exact) mass is 405 g/mol. The maximum absolute atomic E-state index is 12.9. The Kier molecular flexibility index (Phi) is 8.82. The molecule has 148 valence electrons. The van der Waals surface area contributed by atoms with Crippen molar-refractivity contribution < 1.29 is 17.9 Å². The Bertz CT molecular complexity index is 706. The molecule has 0 aromatic heterocycles. The molecule has 1 atom stereocenters. The van der Waals surface area contributed by atoms with E-state index in [1.807, 2.05) is 6.92 Å². The summed E-state index contributed by atoms with van der Waals surface area (Å²) in [4.78, 5) is 12.2. The van der Waals surface area contributed by atoms with Crippen LogP contribution in [0.2, 0.25) is 0 Å². The fourth-order valence-corrected chi connectivity index (χ4v) is 4.48. The summed E-state index contributed by atoms with van der Waals surface area (Å²) in [6.07, 6.45) is 3.07. The average Bonchev–Trinajstić information content (AvgIpc) is 3.12. The summed E-state index contributed by atoms with van der Waals surface area (Å²) >= 11 is 0. The molecule has 1 aromatic carbocycles. The first-order valence-electron chi connectivity index (χ1n) is 8.73. The normalized spacial score (nSPS) is 16.0. The van der Waals surface area contributed by atoms with Gasteiger partial charge in [-0.15, -0.1) is 12.4 Å². The van der Waals surface area contributed by atoms with E-state index in [1.165, 1.54) is 10.4 Å². The number of carbonyl (C=O) groups is 1. The number of hydrogen-bond acceptors (Lipinski definition) is 5. The zero-order valence-corrected chi connectivity index (χ0v) is 16.9. The minimum Gasteiger partial charge on any atom is -0.492 e. The predicted octanol–water partition coefficient (Wildman–Crippen LogP) is 2.36. The molecule has 9 heteroatoms. The first-order chi connectivity index (χ1) is 11.9. The minimum atomic E-state index is -3.65. The Morgan fingerprint density at radius 3 is 2.54 bits per heavy atom. The van der Waals surface area contributed by atoms with E-state index in [2.05, 4.69) is 5.32 Å². The van der Waals surface area contributed by atoms with Crippen molar-refractivity contribution in [2.24, 2.45) is 5.73 Å². The zero-order chi connectivity index (χ0) is 18.4. The van der Waals surface area contributed by atoms with Gasteiger partial charge < -0.3 is 15.8 Å². The second kappa shape index (κ2) is 10.1. The maximum atomic E-state index is 12.9. The van der Waals surface area contributed by atoms with Crippen molar-refractivity contribution in [2.75, 3.05) is 25.0 Å². The molecular weight excluding hydrogens is 378 g/mol. The SMILES string of the molecule is CCCC(N)C(=O)Nc1ccc(OCC)c(S(=O)(=O)N2CCCC2)c1.Cl. The number of amides is 1. The number of carbonyl (C=O) groups excluding carboxylic acids is 1. The summed E-state index contributed by atoms with van der Waals surface area (Å²) < 4.78 is 32.8. The van der Waals surface area contributed by atoms with Crippen LogP contribution in [0.15, 0.2) is 23.1 Å². The van der Waals surface area contributed by atoms with Crippen LogP contribution < -0.4 is 15.8 Å². The van der Waals surface area contributed by atoms with Crippen molar-refractivity contribution in [1.82, 2.24) is 4.31 Å². The molecular formula is C17H28ClN3O4S. The number of rotatable bonds is 8. The van der Waals surface area contributed by atoms with Gasteiger partial charge in [-0.2, -0.15) is 4.31 Å². The molecule has 1 aromatic rings. The van der Waals surface area contributed by atoms with Crippen LogP contribution in [0.3, 0.4) is 0 Å². The van der Waals surface area contributed by atoms with E-state index in [0.717, 1.165) is 19.3 Å². The lowest BCUT2D eigenvalue weighted by molar-refractivity contribution is -0.117.